The van der Waals surface area contributed by atoms with Gasteiger partial charge >= 0.3 is 6.03 Å². The van der Waals surface area contributed by atoms with Crippen molar-refractivity contribution in [3.63, 3.8) is 0 Å². The topological polar surface area (TPSA) is 91.0 Å². The molecule has 2 amide bonds. The Balaban J connectivity index is 2.48. The van der Waals surface area contributed by atoms with Gasteiger partial charge in [-0.15, -0.1) is 0 Å². The van der Waals surface area contributed by atoms with Crippen LogP contribution in [0.3, 0.4) is 0 Å². The van der Waals surface area contributed by atoms with E-state index >= 15 is 0 Å². The molecule has 1 aromatic rings. The minimum atomic E-state index is -0.365. The molecule has 5 nitrogen and oxygen atoms in total. The van der Waals surface area contributed by atoms with Crippen LogP contribution in [0.5, 0.6) is 0 Å². The molecule has 0 unspecified atom stereocenters. The first-order valence-corrected chi connectivity index (χ1v) is 4.52. The first-order chi connectivity index (χ1) is 7.08. The molecule has 0 heterocycles. The SMILES string of the molecule is Cc1cccc(NC(=O)NCC(=N)N)c1. The van der Waals surface area contributed by atoms with Gasteiger partial charge in [-0.2, -0.15) is 0 Å². The van der Waals surface area contributed by atoms with E-state index in [0.717, 1.165) is 11.3 Å². The number of hydrogen-bond donors (Lipinski definition) is 4. The highest BCUT2D eigenvalue weighted by Crippen LogP contribution is 2.08. The molecule has 5 N–H and O–H groups in total. The summed E-state index contributed by atoms with van der Waals surface area (Å²) in [4.78, 5) is 11.3. The third kappa shape index (κ3) is 4.12. The van der Waals surface area contributed by atoms with Gasteiger partial charge in [-0.1, -0.05) is 12.1 Å². The van der Waals surface area contributed by atoms with Crippen LogP contribution in [0, 0.1) is 12.3 Å². The highest BCUT2D eigenvalue weighted by molar-refractivity contribution is 5.92. The highest BCUT2D eigenvalue weighted by atomic mass is 16.2. The maximum Gasteiger partial charge on any atom is 0.319 e. The van der Waals surface area contributed by atoms with E-state index in [9.17, 15) is 4.79 Å². The van der Waals surface area contributed by atoms with E-state index < -0.39 is 0 Å². The predicted octanol–water partition coefficient (Wildman–Crippen LogP) is 1.05. The van der Waals surface area contributed by atoms with Gasteiger partial charge in [0.15, 0.2) is 0 Å². The Hall–Kier alpha value is -2.04. The molecule has 0 radical (unpaired) electrons. The Bertz CT molecular complexity index is 375. The number of hydrogen-bond acceptors (Lipinski definition) is 2. The number of nitrogens with one attached hydrogen (secondary N) is 3. The van der Waals surface area contributed by atoms with Crippen LogP contribution in [0.1, 0.15) is 5.56 Å². The van der Waals surface area contributed by atoms with Crippen molar-refractivity contribution >= 4 is 17.6 Å². The molecule has 0 aliphatic heterocycles. The van der Waals surface area contributed by atoms with Crippen LogP contribution in [0.25, 0.3) is 0 Å². The zero-order valence-electron chi connectivity index (χ0n) is 8.50. The fourth-order valence-electron chi connectivity index (χ4n) is 1.07. The molecule has 0 aromatic heterocycles. The molecule has 0 fully saturated rings. The molecule has 80 valence electrons. The van der Waals surface area contributed by atoms with Gasteiger partial charge in [-0.05, 0) is 24.6 Å². The molecule has 0 saturated heterocycles. The van der Waals surface area contributed by atoms with Gasteiger partial charge in [-0.25, -0.2) is 4.79 Å². The van der Waals surface area contributed by atoms with Gasteiger partial charge in [0.25, 0.3) is 0 Å². The average Bonchev–Trinajstić information content (AvgIpc) is 2.15. The minimum absolute atomic E-state index is 0.0532. The number of amides is 2. The van der Waals surface area contributed by atoms with E-state index in [1.807, 2.05) is 25.1 Å². The zero-order chi connectivity index (χ0) is 11.3. The molecule has 0 atom stereocenters. The zero-order valence-corrected chi connectivity index (χ0v) is 8.50. The number of nitrogens with two attached hydrogens (primary N) is 1. The van der Waals surface area contributed by atoms with E-state index in [1.165, 1.54) is 0 Å². The van der Waals surface area contributed by atoms with Crippen LogP contribution < -0.4 is 16.4 Å². The van der Waals surface area contributed by atoms with Gasteiger partial charge in [0.2, 0.25) is 0 Å². The monoisotopic (exact) mass is 206 g/mol. The van der Waals surface area contributed by atoms with Crippen molar-refractivity contribution < 1.29 is 4.79 Å². The first kappa shape index (κ1) is 11.0. The molecule has 1 rings (SSSR count). The van der Waals surface area contributed by atoms with Crippen LogP contribution in [0.2, 0.25) is 0 Å². The number of rotatable bonds is 3. The maximum atomic E-state index is 11.3. The quantitative estimate of drug-likeness (QED) is 0.440. The lowest BCUT2D eigenvalue weighted by atomic mass is 10.2. The molecule has 5 heteroatoms. The largest absolute Gasteiger partial charge is 0.386 e. The molecule has 0 saturated carbocycles. The fourth-order valence-corrected chi connectivity index (χ4v) is 1.07. The smallest absolute Gasteiger partial charge is 0.319 e. The third-order valence-corrected chi connectivity index (χ3v) is 1.72. The van der Waals surface area contributed by atoms with Gasteiger partial charge < -0.3 is 16.4 Å². The van der Waals surface area contributed by atoms with Crippen molar-refractivity contribution in [3.05, 3.63) is 29.8 Å². The number of amidine groups is 1. The lowest BCUT2D eigenvalue weighted by Crippen LogP contribution is -2.35. The number of benzene rings is 1. The van der Waals surface area contributed by atoms with Crippen LogP contribution in [-0.2, 0) is 0 Å². The predicted molar refractivity (Wildman–Crippen MR) is 60.1 cm³/mol. The van der Waals surface area contributed by atoms with E-state index in [0.29, 0.717) is 0 Å². The second-order valence-corrected chi connectivity index (χ2v) is 3.20. The molecular formula is C10H14N4O. The number of carbonyl (C=O) groups is 1. The van der Waals surface area contributed by atoms with Crippen molar-refractivity contribution in [1.82, 2.24) is 5.32 Å². The molecular weight excluding hydrogens is 192 g/mol. The van der Waals surface area contributed by atoms with Crippen molar-refractivity contribution in [3.8, 4) is 0 Å². The van der Waals surface area contributed by atoms with Gasteiger partial charge in [0.1, 0.15) is 5.84 Å². The van der Waals surface area contributed by atoms with Crippen LogP contribution in [0.4, 0.5) is 10.5 Å². The summed E-state index contributed by atoms with van der Waals surface area (Å²) in [6, 6.07) is 7.08. The van der Waals surface area contributed by atoms with Crippen LogP contribution >= 0.6 is 0 Å². The average molecular weight is 206 g/mol. The van der Waals surface area contributed by atoms with Crippen molar-refractivity contribution in [2.24, 2.45) is 5.73 Å². The molecule has 0 spiro atoms. The lowest BCUT2D eigenvalue weighted by Gasteiger charge is -2.07. The summed E-state index contributed by atoms with van der Waals surface area (Å²) in [6.45, 7) is 2.00. The Morgan fingerprint density at radius 1 is 1.53 bits per heavy atom. The second-order valence-electron chi connectivity index (χ2n) is 3.20. The summed E-state index contributed by atoms with van der Waals surface area (Å²) >= 11 is 0. The summed E-state index contributed by atoms with van der Waals surface area (Å²) in [5, 5.41) is 12.0. The molecule has 15 heavy (non-hydrogen) atoms. The maximum absolute atomic E-state index is 11.3. The Labute approximate surface area is 88.2 Å². The molecule has 0 aliphatic rings. The van der Waals surface area contributed by atoms with Crippen molar-refractivity contribution in [1.29, 1.82) is 5.41 Å². The first-order valence-electron chi connectivity index (χ1n) is 4.52. The second kappa shape index (κ2) is 4.99. The molecule has 1 aromatic carbocycles. The summed E-state index contributed by atoms with van der Waals surface area (Å²) in [5.74, 6) is -0.0746. The lowest BCUT2D eigenvalue weighted by molar-refractivity contribution is 0.253. The minimum Gasteiger partial charge on any atom is -0.386 e. The summed E-state index contributed by atoms with van der Waals surface area (Å²) in [7, 11) is 0. The molecule has 0 bridgehead atoms. The number of anilines is 1. The Kier molecular flexibility index (Phi) is 3.68. The Morgan fingerprint density at radius 3 is 2.87 bits per heavy atom. The third-order valence-electron chi connectivity index (χ3n) is 1.72. The highest BCUT2D eigenvalue weighted by Gasteiger charge is 2.00. The van der Waals surface area contributed by atoms with E-state index in [2.05, 4.69) is 10.6 Å². The van der Waals surface area contributed by atoms with Crippen molar-refractivity contribution in [2.75, 3.05) is 11.9 Å². The normalized spacial score (nSPS) is 9.40. The fraction of sp³-hybridized carbons (Fsp3) is 0.200. The standard InChI is InChI=1S/C10H14N4O/c1-7-3-2-4-8(5-7)14-10(15)13-6-9(11)12/h2-5H,6H2,1H3,(H3,11,12)(H2,13,14,15). The van der Waals surface area contributed by atoms with Crippen molar-refractivity contribution in [2.45, 2.75) is 6.92 Å². The van der Waals surface area contributed by atoms with E-state index in [4.69, 9.17) is 11.1 Å². The van der Waals surface area contributed by atoms with E-state index in [-0.39, 0.29) is 18.4 Å². The van der Waals surface area contributed by atoms with Crippen LogP contribution in [-0.4, -0.2) is 18.4 Å². The number of carbonyl (C=O) groups excluding carboxylic acids is 1. The van der Waals surface area contributed by atoms with Gasteiger partial charge in [0, 0.05) is 5.69 Å². The number of urea groups is 1. The number of aryl methyl sites for hydroxylation is 1. The van der Waals surface area contributed by atoms with E-state index in [1.54, 1.807) is 6.07 Å². The summed E-state index contributed by atoms with van der Waals surface area (Å²) < 4.78 is 0. The Morgan fingerprint density at radius 2 is 2.27 bits per heavy atom. The molecule has 0 aliphatic carbocycles. The summed E-state index contributed by atoms with van der Waals surface area (Å²) in [6.07, 6.45) is 0. The van der Waals surface area contributed by atoms with Crippen LogP contribution in [0.15, 0.2) is 24.3 Å². The van der Waals surface area contributed by atoms with Gasteiger partial charge in [-0.3, -0.25) is 5.41 Å². The van der Waals surface area contributed by atoms with Gasteiger partial charge in [0.05, 0.1) is 6.54 Å². The summed E-state index contributed by atoms with van der Waals surface area (Å²) in [5.41, 5.74) is 6.89.